The zero-order valence-electron chi connectivity index (χ0n) is 18.6. The first kappa shape index (κ1) is 24.6. The quantitative estimate of drug-likeness (QED) is 0.313. The van der Waals surface area contributed by atoms with Gasteiger partial charge >= 0.3 is 6.18 Å². The highest BCUT2D eigenvalue weighted by atomic mass is 19.4. The maximum absolute atomic E-state index is 13.3. The van der Waals surface area contributed by atoms with Gasteiger partial charge in [0.25, 0.3) is 0 Å². The number of carbonyl (C=O) groups is 2. The minimum atomic E-state index is -4.51. The van der Waals surface area contributed by atoms with Gasteiger partial charge in [-0.15, -0.1) is 0 Å². The topological polar surface area (TPSA) is 90.3 Å². The lowest BCUT2D eigenvalue weighted by Gasteiger charge is -2.14. The monoisotopic (exact) mass is 499 g/mol. The third kappa shape index (κ3) is 5.09. The number of hydrogen-bond acceptors (Lipinski definition) is 5. The van der Waals surface area contributed by atoms with Crippen molar-refractivity contribution in [1.82, 2.24) is 9.55 Å². The molecule has 4 aromatic rings. The predicted molar refractivity (Wildman–Crippen MR) is 122 cm³/mol. The number of anilines is 1. The number of pyridine rings is 2. The van der Waals surface area contributed by atoms with E-state index in [1.165, 1.54) is 42.1 Å². The van der Waals surface area contributed by atoms with Crippen LogP contribution >= 0.6 is 0 Å². The van der Waals surface area contributed by atoms with E-state index in [0.29, 0.717) is 0 Å². The first-order valence-electron chi connectivity index (χ1n) is 10.4. The molecule has 2 heterocycles. The van der Waals surface area contributed by atoms with Gasteiger partial charge < -0.3 is 14.6 Å². The Kier molecular flexibility index (Phi) is 6.56. The molecular weight excluding hydrogens is 482 g/mol. The Hall–Kier alpha value is -4.54. The van der Waals surface area contributed by atoms with Crippen molar-refractivity contribution in [1.29, 1.82) is 0 Å². The highest BCUT2D eigenvalue weighted by molar-refractivity contribution is 6.10. The maximum atomic E-state index is 13.3. The molecule has 2 aromatic heterocycles. The van der Waals surface area contributed by atoms with Crippen molar-refractivity contribution < 1.29 is 31.9 Å². The molecule has 11 heteroatoms. The molecule has 36 heavy (non-hydrogen) atoms. The zero-order valence-corrected chi connectivity index (χ0v) is 18.6. The molecule has 0 saturated carbocycles. The molecular formula is C25H17F4N3O4. The molecule has 1 N–H and O–H groups in total. The molecule has 0 spiro atoms. The van der Waals surface area contributed by atoms with Crippen LogP contribution in [0.4, 0.5) is 23.2 Å². The zero-order chi connectivity index (χ0) is 26.0. The van der Waals surface area contributed by atoms with Gasteiger partial charge in [0, 0.05) is 23.5 Å². The summed E-state index contributed by atoms with van der Waals surface area (Å²) in [5, 5.41) is 2.48. The summed E-state index contributed by atoms with van der Waals surface area (Å²) in [6.07, 6.45) is -3.32. The number of rotatable bonds is 6. The summed E-state index contributed by atoms with van der Waals surface area (Å²) in [6.45, 7) is -0.393. The van der Waals surface area contributed by atoms with E-state index in [1.54, 1.807) is 0 Å². The number of halogens is 4. The van der Waals surface area contributed by atoms with Gasteiger partial charge in [-0.25, -0.2) is 9.37 Å². The lowest BCUT2D eigenvalue weighted by Crippen LogP contribution is -2.25. The van der Waals surface area contributed by atoms with Gasteiger partial charge in [0.05, 0.1) is 23.8 Å². The number of nitrogens with one attached hydrogen (secondary N) is 1. The van der Waals surface area contributed by atoms with Crippen LogP contribution < -0.4 is 15.5 Å². The fourth-order valence-corrected chi connectivity index (χ4v) is 3.51. The molecule has 0 atom stereocenters. The Balaban J connectivity index is 1.71. The van der Waals surface area contributed by atoms with Crippen LogP contribution in [0.15, 0.2) is 71.7 Å². The van der Waals surface area contributed by atoms with Crippen molar-refractivity contribution in [2.24, 2.45) is 0 Å². The molecule has 0 aliphatic rings. The second-order valence-electron chi connectivity index (χ2n) is 7.68. The summed E-state index contributed by atoms with van der Waals surface area (Å²) in [6, 6.07) is 11.4. The third-order valence-electron chi connectivity index (χ3n) is 5.27. The number of methoxy groups -OCH3 is 1. The number of carbonyl (C=O) groups excluding carboxylic acids is 2. The molecule has 0 radical (unpaired) electrons. The van der Waals surface area contributed by atoms with Crippen LogP contribution in [0, 0.1) is 5.82 Å². The molecule has 0 unspecified atom stereocenters. The highest BCUT2D eigenvalue weighted by Crippen LogP contribution is 2.29. The van der Waals surface area contributed by atoms with Gasteiger partial charge in [-0.3, -0.25) is 14.4 Å². The summed E-state index contributed by atoms with van der Waals surface area (Å²) in [5.41, 5.74) is -1.62. The van der Waals surface area contributed by atoms with Crippen molar-refractivity contribution in [3.63, 3.8) is 0 Å². The number of alkyl halides is 3. The smallest absolute Gasteiger partial charge is 0.416 e. The Labute approximate surface area is 201 Å². The van der Waals surface area contributed by atoms with Gasteiger partial charge in [-0.05, 0) is 54.6 Å². The number of amides is 1. The highest BCUT2D eigenvalue weighted by Gasteiger charge is 2.30. The van der Waals surface area contributed by atoms with Crippen LogP contribution in [0.3, 0.4) is 0 Å². The van der Waals surface area contributed by atoms with E-state index in [2.05, 4.69) is 10.3 Å². The summed E-state index contributed by atoms with van der Waals surface area (Å²) in [7, 11) is 1.34. The molecule has 7 nitrogen and oxygen atoms in total. The maximum Gasteiger partial charge on any atom is 0.416 e. The van der Waals surface area contributed by atoms with Crippen LogP contribution in [0.25, 0.3) is 11.0 Å². The van der Waals surface area contributed by atoms with Crippen molar-refractivity contribution in [2.75, 3.05) is 12.4 Å². The molecule has 2 aromatic carbocycles. The van der Waals surface area contributed by atoms with Crippen molar-refractivity contribution >= 4 is 28.4 Å². The minimum Gasteiger partial charge on any atom is -0.481 e. The number of nitrogens with zero attached hydrogens (tertiary/aromatic N) is 2. The molecule has 0 aliphatic heterocycles. The van der Waals surface area contributed by atoms with Gasteiger partial charge in [0.1, 0.15) is 17.9 Å². The summed E-state index contributed by atoms with van der Waals surface area (Å²) < 4.78 is 58.0. The van der Waals surface area contributed by atoms with E-state index in [-0.39, 0.29) is 33.7 Å². The minimum absolute atomic E-state index is 0.0523. The summed E-state index contributed by atoms with van der Waals surface area (Å²) in [5.74, 6) is -1.79. The molecule has 0 saturated heterocycles. The molecule has 0 aliphatic carbocycles. The Morgan fingerprint density at radius 2 is 1.67 bits per heavy atom. The second-order valence-corrected chi connectivity index (χ2v) is 7.68. The van der Waals surface area contributed by atoms with Crippen LogP contribution in [0.2, 0.25) is 0 Å². The SMILES string of the molecule is COc1ccc2c(n1)c(=O)c(C(=O)c1ccc(F)cc1)cn2CC(=O)Nc1ccc(C(F)(F)F)cc1. The lowest BCUT2D eigenvalue weighted by atomic mass is 10.0. The van der Waals surface area contributed by atoms with Gasteiger partial charge in [-0.1, -0.05) is 0 Å². The fraction of sp³-hybridized carbons (Fsp3) is 0.120. The number of ether oxygens (including phenoxy) is 1. The lowest BCUT2D eigenvalue weighted by molar-refractivity contribution is -0.137. The van der Waals surface area contributed by atoms with Crippen LogP contribution in [-0.4, -0.2) is 28.4 Å². The van der Waals surface area contributed by atoms with Gasteiger partial charge in [0.15, 0.2) is 5.78 Å². The van der Waals surface area contributed by atoms with E-state index < -0.39 is 41.2 Å². The van der Waals surface area contributed by atoms with Gasteiger partial charge in [-0.2, -0.15) is 13.2 Å². The molecule has 1 amide bonds. The van der Waals surface area contributed by atoms with E-state index in [4.69, 9.17) is 4.74 Å². The third-order valence-corrected chi connectivity index (χ3v) is 5.27. The average Bonchev–Trinajstić information content (AvgIpc) is 2.85. The van der Waals surface area contributed by atoms with Crippen LogP contribution in [0.1, 0.15) is 21.5 Å². The van der Waals surface area contributed by atoms with Crippen LogP contribution in [-0.2, 0) is 17.5 Å². The van der Waals surface area contributed by atoms with E-state index in [1.807, 2.05) is 0 Å². The number of fused-ring (bicyclic) bond motifs is 1. The van der Waals surface area contributed by atoms with E-state index >= 15 is 0 Å². The normalized spacial score (nSPS) is 11.4. The second kappa shape index (κ2) is 9.61. The summed E-state index contributed by atoms with van der Waals surface area (Å²) >= 11 is 0. The molecule has 4 rings (SSSR count). The number of ketones is 1. The number of aromatic nitrogens is 2. The van der Waals surface area contributed by atoms with Crippen molar-refractivity contribution in [3.8, 4) is 5.88 Å². The van der Waals surface area contributed by atoms with Crippen molar-refractivity contribution in [3.05, 3.63) is 99.6 Å². The summed E-state index contributed by atoms with van der Waals surface area (Å²) in [4.78, 5) is 43.0. The first-order chi connectivity index (χ1) is 17.1. The van der Waals surface area contributed by atoms with E-state index in [0.717, 1.165) is 36.4 Å². The molecule has 0 bridgehead atoms. The largest absolute Gasteiger partial charge is 0.481 e. The Morgan fingerprint density at radius 1 is 1.00 bits per heavy atom. The average molecular weight is 499 g/mol. The fourth-order valence-electron chi connectivity index (χ4n) is 3.51. The van der Waals surface area contributed by atoms with E-state index in [9.17, 15) is 31.9 Å². The standard InChI is InChI=1S/C25H17F4N3O4/c1-36-21-11-10-19-22(31-21)24(35)18(23(34)14-2-6-16(26)7-3-14)12-32(19)13-20(33)30-17-8-4-15(5-9-17)25(27,28)29/h2-12H,13H2,1H3,(H,30,33). The number of hydrogen-bond donors (Lipinski definition) is 1. The Bertz CT molecular complexity index is 1510. The first-order valence-corrected chi connectivity index (χ1v) is 10.4. The predicted octanol–water partition coefficient (Wildman–Crippen LogP) is 4.43. The molecule has 0 fully saturated rings. The number of benzene rings is 2. The van der Waals surface area contributed by atoms with Crippen LogP contribution in [0.5, 0.6) is 5.88 Å². The Morgan fingerprint density at radius 3 is 2.28 bits per heavy atom. The van der Waals surface area contributed by atoms with Gasteiger partial charge in [0.2, 0.25) is 17.2 Å². The molecule has 184 valence electrons. The van der Waals surface area contributed by atoms with Crippen molar-refractivity contribution in [2.45, 2.75) is 12.7 Å².